The Morgan fingerprint density at radius 3 is 2.57 bits per heavy atom. The highest BCUT2D eigenvalue weighted by Crippen LogP contribution is 2.14. The summed E-state index contributed by atoms with van der Waals surface area (Å²) in [6.07, 6.45) is 0. The molecule has 8 nitrogen and oxygen atoms in total. The van der Waals surface area contributed by atoms with Crippen molar-refractivity contribution in [3.05, 3.63) is 75.8 Å². The summed E-state index contributed by atoms with van der Waals surface area (Å²) in [6, 6.07) is 15.7. The Balaban J connectivity index is 2.24. The van der Waals surface area contributed by atoms with Crippen molar-refractivity contribution in [3.63, 3.8) is 0 Å². The van der Waals surface area contributed by atoms with E-state index < -0.39 is 10.7 Å². The Morgan fingerprint density at radius 2 is 1.91 bits per heavy atom. The van der Waals surface area contributed by atoms with Gasteiger partial charge in [-0.25, -0.2) is 4.99 Å². The van der Waals surface area contributed by atoms with E-state index in [-0.39, 0.29) is 5.49 Å². The zero-order chi connectivity index (χ0) is 16.4. The predicted octanol–water partition coefficient (Wildman–Crippen LogP) is 2.36. The summed E-state index contributed by atoms with van der Waals surface area (Å²) >= 11 is 0. The van der Waals surface area contributed by atoms with Crippen LogP contribution >= 0.6 is 0 Å². The fourth-order valence-electron chi connectivity index (χ4n) is 2.12. The van der Waals surface area contributed by atoms with Gasteiger partial charge in [0.2, 0.25) is 0 Å². The molecule has 1 heterocycles. The van der Waals surface area contributed by atoms with Crippen molar-refractivity contribution in [2.24, 2.45) is 4.99 Å². The number of hydrogen-bond acceptors (Lipinski definition) is 5. The van der Waals surface area contributed by atoms with Gasteiger partial charge in [0.25, 0.3) is 5.49 Å². The quantitative estimate of drug-likeness (QED) is 0.456. The number of nitro groups is 1. The highest BCUT2D eigenvalue weighted by molar-refractivity contribution is 5.40. The van der Waals surface area contributed by atoms with E-state index in [0.29, 0.717) is 16.2 Å². The second kappa shape index (κ2) is 5.76. The number of aryl methyl sites for hydroxylation is 1. The topological polar surface area (TPSA) is 98.5 Å². The van der Waals surface area contributed by atoms with Gasteiger partial charge in [0.05, 0.1) is 10.8 Å². The second-order valence-electron chi connectivity index (χ2n) is 4.87. The van der Waals surface area contributed by atoms with E-state index in [4.69, 9.17) is 0 Å². The largest absolute Gasteiger partial charge is 0.438 e. The van der Waals surface area contributed by atoms with Gasteiger partial charge in [0, 0.05) is 0 Å². The van der Waals surface area contributed by atoms with Crippen LogP contribution in [0.5, 0.6) is 0 Å². The van der Waals surface area contributed by atoms with Gasteiger partial charge < -0.3 is 15.3 Å². The van der Waals surface area contributed by atoms with Crippen LogP contribution in [0.4, 0.5) is 11.5 Å². The summed E-state index contributed by atoms with van der Waals surface area (Å²) in [7, 11) is 0. The first-order valence-corrected chi connectivity index (χ1v) is 6.79. The Kier molecular flexibility index (Phi) is 3.63. The molecule has 0 atom stereocenters. The number of hydrogen-bond donors (Lipinski definition) is 1. The molecular formula is C15H13N5O3. The first-order chi connectivity index (χ1) is 11.1. The number of nitrogens with zero attached hydrogens (tertiary/aromatic N) is 5. The maximum absolute atomic E-state index is 11.2. The third-order valence-electron chi connectivity index (χ3n) is 3.16. The van der Waals surface area contributed by atoms with Crippen molar-refractivity contribution in [1.29, 1.82) is 0 Å². The molecule has 0 aliphatic carbocycles. The first kappa shape index (κ1) is 14.5. The summed E-state index contributed by atoms with van der Waals surface area (Å²) in [6.45, 7) is 1.88. The molecule has 23 heavy (non-hydrogen) atoms. The molecule has 0 aliphatic heterocycles. The molecule has 3 aromatic rings. The van der Waals surface area contributed by atoms with Crippen molar-refractivity contribution in [3.8, 4) is 5.69 Å². The molecule has 0 radical (unpaired) electrons. The fourth-order valence-corrected chi connectivity index (χ4v) is 2.12. The Morgan fingerprint density at radius 1 is 1.17 bits per heavy atom. The molecule has 3 rings (SSSR count). The first-order valence-electron chi connectivity index (χ1n) is 6.79. The molecule has 0 bridgehead atoms. The molecule has 0 unspecified atom stereocenters. The molecule has 2 aromatic carbocycles. The average molecular weight is 311 g/mol. The van der Waals surface area contributed by atoms with Gasteiger partial charge in [-0.05, 0) is 46.5 Å². The van der Waals surface area contributed by atoms with Crippen LogP contribution in [-0.4, -0.2) is 24.9 Å². The minimum atomic E-state index is -0.680. The van der Waals surface area contributed by atoms with Crippen LogP contribution in [0, 0.1) is 17.0 Å². The molecule has 0 amide bonds. The molecule has 0 aliphatic rings. The van der Waals surface area contributed by atoms with Crippen LogP contribution < -0.4 is 5.49 Å². The monoisotopic (exact) mass is 311 g/mol. The summed E-state index contributed by atoms with van der Waals surface area (Å²) in [4.78, 5) is 16.3. The molecule has 0 fully saturated rings. The number of rotatable bonds is 3. The zero-order valence-corrected chi connectivity index (χ0v) is 12.2. The minimum absolute atomic E-state index is 0.246. The van der Waals surface area contributed by atoms with Crippen molar-refractivity contribution < 1.29 is 10.1 Å². The highest BCUT2D eigenvalue weighted by atomic mass is 16.6. The van der Waals surface area contributed by atoms with Gasteiger partial charge in [-0.15, -0.1) is 0 Å². The van der Waals surface area contributed by atoms with Crippen molar-refractivity contribution in [1.82, 2.24) is 14.7 Å². The number of aromatic nitrogens is 3. The van der Waals surface area contributed by atoms with E-state index in [1.165, 1.54) is 0 Å². The zero-order valence-electron chi connectivity index (χ0n) is 12.2. The molecule has 0 saturated carbocycles. The van der Waals surface area contributed by atoms with E-state index >= 15 is 0 Å². The normalized spacial score (nSPS) is 11.6. The van der Waals surface area contributed by atoms with Gasteiger partial charge in [-0.3, -0.25) is 0 Å². The Labute approximate surface area is 130 Å². The van der Waals surface area contributed by atoms with E-state index in [9.17, 15) is 15.3 Å². The van der Waals surface area contributed by atoms with E-state index in [0.717, 1.165) is 10.4 Å². The van der Waals surface area contributed by atoms with Gasteiger partial charge in [-0.2, -0.15) is 0 Å². The van der Waals surface area contributed by atoms with Crippen molar-refractivity contribution in [2.45, 2.75) is 6.92 Å². The lowest BCUT2D eigenvalue weighted by Gasteiger charge is -1.99. The van der Waals surface area contributed by atoms with E-state index in [1.807, 2.05) is 13.0 Å². The van der Waals surface area contributed by atoms with E-state index in [2.05, 4.69) is 10.1 Å². The van der Waals surface area contributed by atoms with Gasteiger partial charge in [0.15, 0.2) is 0 Å². The highest BCUT2D eigenvalue weighted by Gasteiger charge is 2.23. The minimum Gasteiger partial charge on any atom is -0.409 e. The summed E-state index contributed by atoms with van der Waals surface area (Å²) in [5.74, 6) is -0.530. The van der Waals surface area contributed by atoms with E-state index in [1.54, 1.807) is 48.5 Å². The van der Waals surface area contributed by atoms with Crippen LogP contribution in [0.15, 0.2) is 59.6 Å². The molecule has 1 N–H and O–H groups in total. The van der Waals surface area contributed by atoms with Crippen LogP contribution in [0.1, 0.15) is 5.56 Å². The molecular weight excluding hydrogens is 298 g/mol. The summed E-state index contributed by atoms with van der Waals surface area (Å²) < 4.78 is 0. The molecule has 0 saturated heterocycles. The SMILES string of the molecule is Cc1cccc(N=c2c([N+](=O)[O-])nn(-c3ccccc3)n2O)c1. The van der Waals surface area contributed by atoms with Crippen LogP contribution in [0.2, 0.25) is 0 Å². The lowest BCUT2D eigenvalue weighted by atomic mass is 10.2. The van der Waals surface area contributed by atoms with Gasteiger partial charge >= 0.3 is 5.82 Å². The van der Waals surface area contributed by atoms with Crippen molar-refractivity contribution in [2.75, 3.05) is 0 Å². The van der Waals surface area contributed by atoms with Crippen LogP contribution in [0.25, 0.3) is 5.69 Å². The maximum Gasteiger partial charge on any atom is 0.438 e. The predicted molar refractivity (Wildman–Crippen MR) is 81.8 cm³/mol. The molecule has 8 heteroatoms. The number of benzene rings is 2. The lowest BCUT2D eigenvalue weighted by Crippen LogP contribution is -2.21. The smallest absolute Gasteiger partial charge is 0.409 e. The standard InChI is InChI=1S/C15H13N5O3/c1-11-6-5-7-12(10-11)16-14-15(20(22)23)17-18(19(14)21)13-8-3-2-4-9-13/h2-10,21H,1H3. The summed E-state index contributed by atoms with van der Waals surface area (Å²) in [5.41, 5.74) is 1.67. The summed E-state index contributed by atoms with van der Waals surface area (Å²) in [5, 5.41) is 25.3. The van der Waals surface area contributed by atoms with Crippen LogP contribution in [0.3, 0.4) is 0 Å². The van der Waals surface area contributed by atoms with Crippen LogP contribution in [-0.2, 0) is 0 Å². The Bertz CT molecular complexity index is 928. The maximum atomic E-state index is 11.2. The molecule has 0 spiro atoms. The number of para-hydroxylation sites is 1. The average Bonchev–Trinajstić information content (AvgIpc) is 2.86. The Hall–Kier alpha value is -3.42. The van der Waals surface area contributed by atoms with Gasteiger partial charge in [0.1, 0.15) is 5.69 Å². The van der Waals surface area contributed by atoms with Gasteiger partial charge in [-0.1, -0.05) is 35.2 Å². The van der Waals surface area contributed by atoms with Crippen molar-refractivity contribution >= 4 is 11.5 Å². The third kappa shape index (κ3) is 2.82. The molecule has 116 valence electrons. The lowest BCUT2D eigenvalue weighted by molar-refractivity contribution is -0.391. The fraction of sp³-hybridized carbons (Fsp3) is 0.0667. The second-order valence-corrected chi connectivity index (χ2v) is 4.87. The third-order valence-corrected chi connectivity index (χ3v) is 3.16. The molecule has 1 aromatic heterocycles.